The Morgan fingerprint density at radius 1 is 1.13 bits per heavy atom. The highest BCUT2D eigenvalue weighted by atomic mass is 35.5. The molecular formula is C16H11Cl4NO2. The van der Waals surface area contributed by atoms with Gasteiger partial charge in [0.05, 0.1) is 27.9 Å². The summed E-state index contributed by atoms with van der Waals surface area (Å²) < 4.78 is 5.20. The van der Waals surface area contributed by atoms with E-state index in [-0.39, 0.29) is 10.9 Å². The third-order valence-corrected chi connectivity index (χ3v) is 4.18. The van der Waals surface area contributed by atoms with Gasteiger partial charge < -0.3 is 10.1 Å². The van der Waals surface area contributed by atoms with E-state index in [0.29, 0.717) is 32.1 Å². The van der Waals surface area contributed by atoms with E-state index >= 15 is 0 Å². The van der Waals surface area contributed by atoms with Gasteiger partial charge in [0.25, 0.3) is 0 Å². The van der Waals surface area contributed by atoms with Crippen LogP contribution < -0.4 is 10.1 Å². The van der Waals surface area contributed by atoms with Crippen molar-refractivity contribution in [3.63, 3.8) is 0 Å². The topological polar surface area (TPSA) is 38.3 Å². The molecule has 0 aliphatic carbocycles. The predicted molar refractivity (Wildman–Crippen MR) is 97.1 cm³/mol. The molecule has 0 spiro atoms. The molecule has 0 atom stereocenters. The first-order valence-electron chi connectivity index (χ1n) is 6.38. The van der Waals surface area contributed by atoms with Crippen molar-refractivity contribution in [2.24, 2.45) is 0 Å². The molecule has 7 heteroatoms. The first-order valence-corrected chi connectivity index (χ1v) is 7.89. The summed E-state index contributed by atoms with van der Waals surface area (Å²) in [7, 11) is 1.48. The van der Waals surface area contributed by atoms with Crippen molar-refractivity contribution >= 4 is 64.1 Å². The summed E-state index contributed by atoms with van der Waals surface area (Å²) in [5.41, 5.74) is 1.00. The molecule has 0 radical (unpaired) electrons. The highest BCUT2D eigenvalue weighted by Crippen LogP contribution is 2.33. The van der Waals surface area contributed by atoms with Crippen LogP contribution >= 0.6 is 46.4 Å². The normalized spacial score (nSPS) is 10.8. The van der Waals surface area contributed by atoms with Crippen LogP contribution in [0.1, 0.15) is 5.56 Å². The minimum Gasteiger partial charge on any atom is -0.495 e. The fourth-order valence-corrected chi connectivity index (χ4v) is 2.79. The van der Waals surface area contributed by atoms with Crippen LogP contribution in [0.4, 0.5) is 5.69 Å². The van der Waals surface area contributed by atoms with Crippen molar-refractivity contribution < 1.29 is 9.53 Å². The molecule has 1 N–H and O–H groups in total. The minimum absolute atomic E-state index is 0.277. The molecule has 0 aromatic heterocycles. The fourth-order valence-electron chi connectivity index (χ4n) is 1.86. The molecule has 1 amide bonds. The first kappa shape index (κ1) is 18.0. The third kappa shape index (κ3) is 4.55. The largest absolute Gasteiger partial charge is 0.495 e. The second-order valence-electron chi connectivity index (χ2n) is 4.43. The number of ether oxygens (including phenoxy) is 1. The van der Waals surface area contributed by atoms with Crippen molar-refractivity contribution in [2.45, 2.75) is 0 Å². The SMILES string of the molecule is COc1c(Cl)cc(Cl)cc1/C=C/C(=O)Nc1cccc(Cl)c1Cl. The highest BCUT2D eigenvalue weighted by molar-refractivity contribution is 6.44. The smallest absolute Gasteiger partial charge is 0.248 e. The van der Waals surface area contributed by atoms with Crippen LogP contribution in [0.5, 0.6) is 5.75 Å². The summed E-state index contributed by atoms with van der Waals surface area (Å²) in [5.74, 6) is 0.0493. The highest BCUT2D eigenvalue weighted by Gasteiger charge is 2.09. The van der Waals surface area contributed by atoms with Gasteiger partial charge in [-0.15, -0.1) is 0 Å². The van der Waals surface area contributed by atoms with Crippen molar-refractivity contribution in [1.29, 1.82) is 0 Å². The Balaban J connectivity index is 2.20. The second kappa shape index (κ2) is 7.93. The molecule has 2 rings (SSSR count). The van der Waals surface area contributed by atoms with Crippen LogP contribution in [-0.2, 0) is 4.79 Å². The monoisotopic (exact) mass is 389 g/mol. The molecule has 0 unspecified atom stereocenters. The number of benzene rings is 2. The zero-order chi connectivity index (χ0) is 17.0. The second-order valence-corrected chi connectivity index (χ2v) is 6.06. The van der Waals surface area contributed by atoms with Crippen LogP contribution in [0.25, 0.3) is 6.08 Å². The summed E-state index contributed by atoms with van der Waals surface area (Å²) in [4.78, 5) is 12.0. The fraction of sp³-hybridized carbons (Fsp3) is 0.0625. The molecule has 0 bridgehead atoms. The van der Waals surface area contributed by atoms with Crippen molar-refractivity contribution in [2.75, 3.05) is 12.4 Å². The maximum Gasteiger partial charge on any atom is 0.248 e. The van der Waals surface area contributed by atoms with Crippen molar-refractivity contribution in [3.8, 4) is 5.75 Å². The third-order valence-electron chi connectivity index (χ3n) is 2.86. The molecule has 23 heavy (non-hydrogen) atoms. The quantitative estimate of drug-likeness (QED) is 0.654. The molecule has 120 valence electrons. The number of nitrogens with one attached hydrogen (secondary N) is 1. The molecule has 3 nitrogen and oxygen atoms in total. The van der Waals surface area contributed by atoms with Crippen LogP contribution in [0, 0.1) is 0 Å². The first-order chi connectivity index (χ1) is 10.9. The Labute approximate surface area is 153 Å². The van der Waals surface area contributed by atoms with Crippen LogP contribution in [-0.4, -0.2) is 13.0 Å². The van der Waals surface area contributed by atoms with E-state index in [2.05, 4.69) is 5.32 Å². The maximum absolute atomic E-state index is 12.0. The lowest BCUT2D eigenvalue weighted by Gasteiger charge is -2.08. The predicted octanol–water partition coefficient (Wildman–Crippen LogP) is 5.96. The van der Waals surface area contributed by atoms with Gasteiger partial charge in [-0.2, -0.15) is 0 Å². The van der Waals surface area contributed by atoms with Crippen molar-refractivity contribution in [3.05, 3.63) is 62.1 Å². The van der Waals surface area contributed by atoms with Gasteiger partial charge in [-0.3, -0.25) is 4.79 Å². The van der Waals surface area contributed by atoms with Crippen molar-refractivity contribution in [1.82, 2.24) is 0 Å². The van der Waals surface area contributed by atoms with Gasteiger partial charge in [0.1, 0.15) is 5.75 Å². The zero-order valence-electron chi connectivity index (χ0n) is 11.9. The molecular weight excluding hydrogens is 380 g/mol. The zero-order valence-corrected chi connectivity index (χ0v) is 14.9. The number of methoxy groups -OCH3 is 1. The van der Waals surface area contributed by atoms with Crippen LogP contribution in [0.3, 0.4) is 0 Å². The van der Waals surface area contributed by atoms with Gasteiger partial charge in [0.15, 0.2) is 0 Å². The summed E-state index contributed by atoms with van der Waals surface area (Å²) >= 11 is 23.9. The molecule has 0 aliphatic rings. The Hall–Kier alpha value is -1.39. The van der Waals surface area contributed by atoms with E-state index in [4.69, 9.17) is 51.1 Å². The van der Waals surface area contributed by atoms with E-state index in [9.17, 15) is 4.79 Å². The van der Waals surface area contributed by atoms with Gasteiger partial charge >= 0.3 is 0 Å². The summed E-state index contributed by atoms with van der Waals surface area (Å²) in [5, 5.41) is 4.07. The average Bonchev–Trinajstić information content (AvgIpc) is 2.49. The molecule has 2 aromatic carbocycles. The molecule has 0 saturated heterocycles. The molecule has 0 aliphatic heterocycles. The van der Waals surface area contributed by atoms with Gasteiger partial charge in [-0.25, -0.2) is 0 Å². The Kier molecular flexibility index (Phi) is 6.19. The number of anilines is 1. The van der Waals surface area contributed by atoms with Gasteiger partial charge in [-0.05, 0) is 30.3 Å². The van der Waals surface area contributed by atoms with Gasteiger partial charge in [0, 0.05) is 16.7 Å². The Morgan fingerprint density at radius 2 is 1.87 bits per heavy atom. The molecule has 2 aromatic rings. The Bertz CT molecular complexity index is 775. The number of hydrogen-bond donors (Lipinski definition) is 1. The van der Waals surface area contributed by atoms with E-state index < -0.39 is 0 Å². The minimum atomic E-state index is -0.382. The van der Waals surface area contributed by atoms with E-state index in [0.717, 1.165) is 0 Å². The number of amides is 1. The van der Waals surface area contributed by atoms with E-state index in [1.807, 2.05) is 0 Å². The standard InChI is InChI=1S/C16H11Cl4NO2/c1-23-16-9(7-10(17)8-12(16)19)5-6-14(22)21-13-4-2-3-11(18)15(13)20/h2-8H,1H3,(H,21,22)/b6-5+. The number of halogens is 4. The Morgan fingerprint density at radius 3 is 2.57 bits per heavy atom. The van der Waals surface area contributed by atoms with E-state index in [1.165, 1.54) is 13.2 Å². The van der Waals surface area contributed by atoms with E-state index in [1.54, 1.807) is 36.4 Å². The van der Waals surface area contributed by atoms with Gasteiger partial charge in [0.2, 0.25) is 5.91 Å². The lowest BCUT2D eigenvalue weighted by molar-refractivity contribution is -0.111. The lowest BCUT2D eigenvalue weighted by Crippen LogP contribution is -2.08. The molecule has 0 fully saturated rings. The lowest BCUT2D eigenvalue weighted by atomic mass is 10.2. The molecule has 0 heterocycles. The summed E-state index contributed by atoms with van der Waals surface area (Å²) in [6.07, 6.45) is 2.87. The van der Waals surface area contributed by atoms with Crippen LogP contribution in [0.15, 0.2) is 36.4 Å². The van der Waals surface area contributed by atoms with Crippen LogP contribution in [0.2, 0.25) is 20.1 Å². The number of rotatable bonds is 4. The molecule has 0 saturated carbocycles. The van der Waals surface area contributed by atoms with Gasteiger partial charge in [-0.1, -0.05) is 52.5 Å². The number of carbonyl (C=O) groups is 1. The maximum atomic E-state index is 12.0. The summed E-state index contributed by atoms with van der Waals surface area (Å²) in [6.45, 7) is 0. The summed E-state index contributed by atoms with van der Waals surface area (Å²) in [6, 6.07) is 8.17. The average molecular weight is 391 g/mol. The number of carbonyl (C=O) groups excluding carboxylic acids is 1. The number of hydrogen-bond acceptors (Lipinski definition) is 2.